The Morgan fingerprint density at radius 2 is 2.15 bits per heavy atom. The van der Waals surface area contributed by atoms with Crippen molar-refractivity contribution in [3.8, 4) is 11.3 Å². The molecule has 0 radical (unpaired) electrons. The van der Waals surface area contributed by atoms with Crippen LogP contribution in [0, 0.1) is 0 Å². The minimum Gasteiger partial charge on any atom is -0.476 e. The molecule has 0 unspecified atom stereocenters. The summed E-state index contributed by atoms with van der Waals surface area (Å²) >= 11 is 0. The first kappa shape index (κ1) is 12.4. The van der Waals surface area contributed by atoms with Crippen LogP contribution in [0.3, 0.4) is 0 Å². The first-order valence-electron chi connectivity index (χ1n) is 6.16. The number of fused-ring (bicyclic) bond motifs is 1. The monoisotopic (exact) mass is 272 g/mol. The van der Waals surface area contributed by atoms with Crippen molar-refractivity contribution in [2.24, 2.45) is 0 Å². The van der Waals surface area contributed by atoms with Gasteiger partial charge in [0.15, 0.2) is 11.5 Å². The van der Waals surface area contributed by atoms with Crippen molar-refractivity contribution >= 4 is 17.6 Å². The molecule has 3 rings (SSSR count). The Balaban J connectivity index is 2.03. The van der Waals surface area contributed by atoms with Crippen molar-refractivity contribution in [3.63, 3.8) is 0 Å². The van der Waals surface area contributed by atoms with E-state index in [4.69, 9.17) is 9.63 Å². The fourth-order valence-electron chi connectivity index (χ4n) is 2.30. The Morgan fingerprint density at radius 1 is 1.35 bits per heavy atom. The number of rotatable bonds is 2. The number of carbonyl (C=O) groups excluding carboxylic acids is 1. The highest BCUT2D eigenvalue weighted by atomic mass is 16.5. The van der Waals surface area contributed by atoms with Crippen LogP contribution in [-0.4, -0.2) is 29.2 Å². The summed E-state index contributed by atoms with van der Waals surface area (Å²) in [6, 6.07) is 6.96. The molecule has 0 spiro atoms. The van der Waals surface area contributed by atoms with Crippen LogP contribution >= 0.6 is 0 Å². The van der Waals surface area contributed by atoms with Gasteiger partial charge in [-0.15, -0.1) is 0 Å². The Bertz CT molecular complexity index is 705. The first-order chi connectivity index (χ1) is 9.56. The summed E-state index contributed by atoms with van der Waals surface area (Å²) in [6.45, 7) is 0. The zero-order valence-electron chi connectivity index (χ0n) is 10.8. The molecule has 1 N–H and O–H groups in total. The zero-order valence-corrected chi connectivity index (χ0v) is 10.8. The third kappa shape index (κ3) is 1.95. The van der Waals surface area contributed by atoms with Crippen molar-refractivity contribution in [1.29, 1.82) is 0 Å². The molecule has 1 aromatic heterocycles. The Hall–Kier alpha value is -2.63. The normalized spacial score (nSPS) is 14.2. The fraction of sp³-hybridized carbons (Fsp3) is 0.214. The Kier molecular flexibility index (Phi) is 2.78. The van der Waals surface area contributed by atoms with Crippen molar-refractivity contribution in [3.05, 3.63) is 35.5 Å². The van der Waals surface area contributed by atoms with Gasteiger partial charge in [0.2, 0.25) is 5.91 Å². The summed E-state index contributed by atoms with van der Waals surface area (Å²) in [7, 11) is 1.73. The molecule has 2 aromatic rings. The summed E-state index contributed by atoms with van der Waals surface area (Å²) in [5.41, 5.74) is 2.48. The smallest absolute Gasteiger partial charge is 0.358 e. The van der Waals surface area contributed by atoms with E-state index in [1.54, 1.807) is 11.9 Å². The summed E-state index contributed by atoms with van der Waals surface area (Å²) < 4.78 is 5.03. The van der Waals surface area contributed by atoms with Crippen LogP contribution in [0.2, 0.25) is 0 Å². The lowest BCUT2D eigenvalue weighted by molar-refractivity contribution is -0.118. The molecule has 0 fully saturated rings. The minimum absolute atomic E-state index is 0.0680. The van der Waals surface area contributed by atoms with Crippen LogP contribution in [0.4, 0.5) is 5.69 Å². The predicted octanol–water partition coefficient (Wildman–Crippen LogP) is 1.95. The molecule has 0 atom stereocenters. The van der Waals surface area contributed by atoms with Crippen LogP contribution in [-0.2, 0) is 11.2 Å². The Labute approximate surface area is 114 Å². The molecule has 0 saturated heterocycles. The van der Waals surface area contributed by atoms with Gasteiger partial charge in [-0.1, -0.05) is 17.3 Å². The number of aromatic nitrogens is 1. The van der Waals surface area contributed by atoms with E-state index in [-0.39, 0.29) is 11.6 Å². The molecule has 1 aliphatic heterocycles. The van der Waals surface area contributed by atoms with E-state index in [2.05, 4.69) is 5.16 Å². The van der Waals surface area contributed by atoms with Gasteiger partial charge in [0.1, 0.15) is 0 Å². The summed E-state index contributed by atoms with van der Waals surface area (Å²) in [5.74, 6) is -0.694. The molecule has 1 aliphatic rings. The van der Waals surface area contributed by atoms with Gasteiger partial charge < -0.3 is 14.5 Å². The lowest BCUT2D eigenvalue weighted by Gasteiger charge is -2.26. The second kappa shape index (κ2) is 4.48. The SMILES string of the molecule is CN1C(=O)CCc2ccc(-c3cc(C(=O)O)no3)cc21. The number of nitrogens with zero attached hydrogens (tertiary/aromatic N) is 2. The van der Waals surface area contributed by atoms with E-state index in [0.29, 0.717) is 17.7 Å². The fourth-order valence-corrected chi connectivity index (χ4v) is 2.30. The van der Waals surface area contributed by atoms with Crippen molar-refractivity contribution in [2.75, 3.05) is 11.9 Å². The first-order valence-corrected chi connectivity index (χ1v) is 6.16. The average molecular weight is 272 g/mol. The van der Waals surface area contributed by atoms with Gasteiger partial charge in [0.05, 0.1) is 0 Å². The molecule has 1 amide bonds. The standard InChI is InChI=1S/C14H12N2O4/c1-16-11-6-9(3-2-8(11)4-5-13(16)17)12-7-10(14(18)19)15-20-12/h2-3,6-7H,4-5H2,1H3,(H,18,19). The number of carboxylic acids is 1. The Morgan fingerprint density at radius 3 is 2.85 bits per heavy atom. The van der Waals surface area contributed by atoms with Crippen molar-refractivity contribution in [1.82, 2.24) is 5.16 Å². The summed E-state index contributed by atoms with van der Waals surface area (Å²) in [6.07, 6.45) is 1.23. The van der Waals surface area contributed by atoms with Crippen molar-refractivity contribution < 1.29 is 19.2 Å². The number of hydrogen-bond donors (Lipinski definition) is 1. The lowest BCUT2D eigenvalue weighted by atomic mass is 9.99. The van der Waals surface area contributed by atoms with E-state index in [9.17, 15) is 9.59 Å². The third-order valence-corrected chi connectivity index (χ3v) is 3.44. The van der Waals surface area contributed by atoms with Gasteiger partial charge in [0.25, 0.3) is 0 Å². The highest BCUT2D eigenvalue weighted by Gasteiger charge is 2.22. The lowest BCUT2D eigenvalue weighted by Crippen LogP contribution is -2.31. The number of carboxylic acid groups (broad SMARTS) is 1. The second-order valence-corrected chi connectivity index (χ2v) is 4.68. The number of aryl methyl sites for hydroxylation is 1. The van der Waals surface area contributed by atoms with E-state index in [1.165, 1.54) is 6.07 Å². The molecule has 20 heavy (non-hydrogen) atoms. The summed E-state index contributed by atoms with van der Waals surface area (Å²) in [5, 5.41) is 12.3. The van der Waals surface area contributed by atoms with Gasteiger partial charge >= 0.3 is 5.97 Å². The van der Waals surface area contributed by atoms with Crippen LogP contribution in [0.25, 0.3) is 11.3 Å². The molecule has 0 aliphatic carbocycles. The molecule has 0 bridgehead atoms. The van der Waals surface area contributed by atoms with E-state index in [1.807, 2.05) is 18.2 Å². The van der Waals surface area contributed by atoms with Gasteiger partial charge in [0, 0.05) is 30.8 Å². The maximum atomic E-state index is 11.7. The maximum absolute atomic E-state index is 11.7. The van der Waals surface area contributed by atoms with Gasteiger partial charge in [-0.25, -0.2) is 4.79 Å². The van der Waals surface area contributed by atoms with Crippen LogP contribution in [0.5, 0.6) is 0 Å². The number of benzene rings is 1. The predicted molar refractivity (Wildman–Crippen MR) is 70.6 cm³/mol. The number of carbonyl (C=O) groups is 2. The molecule has 0 saturated carbocycles. The molecular formula is C14H12N2O4. The van der Waals surface area contributed by atoms with E-state index >= 15 is 0 Å². The highest BCUT2D eigenvalue weighted by Crippen LogP contribution is 2.32. The number of hydrogen-bond acceptors (Lipinski definition) is 4. The number of aromatic carboxylic acids is 1. The quantitative estimate of drug-likeness (QED) is 0.903. The minimum atomic E-state index is -1.13. The van der Waals surface area contributed by atoms with E-state index < -0.39 is 5.97 Å². The molecular weight excluding hydrogens is 260 g/mol. The van der Waals surface area contributed by atoms with Gasteiger partial charge in [-0.3, -0.25) is 4.79 Å². The maximum Gasteiger partial charge on any atom is 0.358 e. The number of amides is 1. The zero-order chi connectivity index (χ0) is 14.3. The summed E-state index contributed by atoms with van der Waals surface area (Å²) in [4.78, 5) is 24.1. The van der Waals surface area contributed by atoms with E-state index in [0.717, 1.165) is 17.7 Å². The molecule has 6 heteroatoms. The molecule has 1 aromatic carbocycles. The molecule has 2 heterocycles. The highest BCUT2D eigenvalue weighted by molar-refractivity contribution is 5.96. The largest absolute Gasteiger partial charge is 0.476 e. The van der Waals surface area contributed by atoms with Gasteiger partial charge in [-0.05, 0) is 18.1 Å². The van der Waals surface area contributed by atoms with Crippen LogP contribution in [0.1, 0.15) is 22.5 Å². The third-order valence-electron chi connectivity index (χ3n) is 3.44. The van der Waals surface area contributed by atoms with Crippen LogP contribution < -0.4 is 4.90 Å². The van der Waals surface area contributed by atoms with Crippen LogP contribution in [0.15, 0.2) is 28.8 Å². The second-order valence-electron chi connectivity index (χ2n) is 4.68. The molecule has 102 valence electrons. The van der Waals surface area contributed by atoms with Gasteiger partial charge in [-0.2, -0.15) is 0 Å². The number of anilines is 1. The van der Waals surface area contributed by atoms with Crippen molar-refractivity contribution in [2.45, 2.75) is 12.8 Å². The topological polar surface area (TPSA) is 83.6 Å². The molecule has 6 nitrogen and oxygen atoms in total. The average Bonchev–Trinajstić information content (AvgIpc) is 2.93.